The Morgan fingerprint density at radius 3 is 3.00 bits per heavy atom. The van der Waals surface area contributed by atoms with Crippen molar-refractivity contribution >= 4 is 11.6 Å². The van der Waals surface area contributed by atoms with Gasteiger partial charge < -0.3 is 16.0 Å². The largest absolute Gasteiger partial charge is 0.396 e. The highest BCUT2D eigenvalue weighted by Gasteiger charge is 2.14. The topological polar surface area (TPSA) is 102 Å². The van der Waals surface area contributed by atoms with Gasteiger partial charge in [0.1, 0.15) is 5.69 Å². The van der Waals surface area contributed by atoms with Gasteiger partial charge in [0.15, 0.2) is 0 Å². The minimum Gasteiger partial charge on any atom is -0.396 e. The molecule has 1 amide bonds. The van der Waals surface area contributed by atoms with Gasteiger partial charge in [0.05, 0.1) is 30.5 Å². The molecule has 7 heteroatoms. The van der Waals surface area contributed by atoms with Crippen molar-refractivity contribution in [2.75, 3.05) is 5.73 Å². The lowest BCUT2D eigenvalue weighted by atomic mass is 10.3. The summed E-state index contributed by atoms with van der Waals surface area (Å²) >= 11 is 0. The second kappa shape index (κ2) is 4.05. The Balaban J connectivity index is 2.04. The Morgan fingerprint density at radius 2 is 2.44 bits per heavy atom. The van der Waals surface area contributed by atoms with Crippen LogP contribution in [0.4, 0.5) is 5.69 Å². The van der Waals surface area contributed by atoms with Crippen molar-refractivity contribution in [3.8, 4) is 0 Å². The van der Waals surface area contributed by atoms with Gasteiger partial charge in [-0.05, 0) is 0 Å². The predicted octanol–water partition coefficient (Wildman–Crippen LogP) is -0.345. The monoisotopic (exact) mass is 220 g/mol. The van der Waals surface area contributed by atoms with Gasteiger partial charge >= 0.3 is 0 Å². The van der Waals surface area contributed by atoms with Gasteiger partial charge in [0, 0.05) is 13.2 Å². The van der Waals surface area contributed by atoms with Crippen LogP contribution in [0.5, 0.6) is 0 Å². The molecule has 0 spiro atoms. The maximum atomic E-state index is 11.8. The molecule has 0 unspecified atom stereocenters. The van der Waals surface area contributed by atoms with Crippen LogP contribution >= 0.6 is 0 Å². The summed E-state index contributed by atoms with van der Waals surface area (Å²) in [4.78, 5) is 18.5. The van der Waals surface area contributed by atoms with Gasteiger partial charge in [0.2, 0.25) is 0 Å². The smallest absolute Gasteiger partial charge is 0.272 e. The molecule has 0 saturated heterocycles. The molecule has 4 N–H and O–H groups in total. The van der Waals surface area contributed by atoms with E-state index in [1.54, 1.807) is 19.6 Å². The third-order valence-electron chi connectivity index (χ3n) is 2.18. The van der Waals surface area contributed by atoms with Crippen LogP contribution in [0.15, 0.2) is 18.7 Å². The highest BCUT2D eigenvalue weighted by Crippen LogP contribution is 2.08. The van der Waals surface area contributed by atoms with Crippen LogP contribution in [0.2, 0.25) is 0 Å². The van der Waals surface area contributed by atoms with Crippen molar-refractivity contribution in [2.24, 2.45) is 7.05 Å². The Labute approximate surface area is 91.7 Å². The number of rotatable bonds is 3. The number of aromatic amines is 1. The van der Waals surface area contributed by atoms with E-state index >= 15 is 0 Å². The minimum atomic E-state index is -0.257. The van der Waals surface area contributed by atoms with E-state index in [-0.39, 0.29) is 5.91 Å². The molecule has 0 fully saturated rings. The van der Waals surface area contributed by atoms with Crippen LogP contribution < -0.4 is 11.1 Å². The number of H-pyrrole nitrogens is 1. The fourth-order valence-corrected chi connectivity index (χ4v) is 1.37. The summed E-state index contributed by atoms with van der Waals surface area (Å²) in [6, 6.07) is 0. The van der Waals surface area contributed by atoms with E-state index in [2.05, 4.69) is 20.4 Å². The fourth-order valence-electron chi connectivity index (χ4n) is 1.37. The molecule has 7 nitrogen and oxygen atoms in total. The molecule has 2 rings (SSSR count). The van der Waals surface area contributed by atoms with Gasteiger partial charge in [-0.3, -0.25) is 9.48 Å². The number of carbonyl (C=O) groups is 1. The highest BCUT2D eigenvalue weighted by molar-refractivity contribution is 5.97. The van der Waals surface area contributed by atoms with E-state index in [4.69, 9.17) is 5.73 Å². The van der Waals surface area contributed by atoms with Gasteiger partial charge in [0.25, 0.3) is 5.91 Å². The van der Waals surface area contributed by atoms with Crippen molar-refractivity contribution in [3.63, 3.8) is 0 Å². The number of hydrogen-bond donors (Lipinski definition) is 3. The summed E-state index contributed by atoms with van der Waals surface area (Å²) in [5.41, 5.74) is 7.18. The average molecular weight is 220 g/mol. The van der Waals surface area contributed by atoms with Crippen molar-refractivity contribution in [1.29, 1.82) is 0 Å². The lowest BCUT2D eigenvalue weighted by molar-refractivity contribution is 0.0942. The first kappa shape index (κ1) is 10.2. The summed E-state index contributed by atoms with van der Waals surface area (Å²) < 4.78 is 1.44. The number of hydrogen-bond acceptors (Lipinski definition) is 4. The molecule has 0 radical (unpaired) electrons. The predicted molar refractivity (Wildman–Crippen MR) is 57.4 cm³/mol. The van der Waals surface area contributed by atoms with Crippen molar-refractivity contribution in [3.05, 3.63) is 30.1 Å². The molecule has 0 aliphatic carbocycles. The van der Waals surface area contributed by atoms with Gasteiger partial charge in [-0.25, -0.2) is 4.98 Å². The standard InChI is InChI=1S/C9H12N6O/c1-15-8(7(10)4-14-15)9(16)12-3-6-2-11-5-13-6/h2,4-5H,3,10H2,1H3,(H,11,13)(H,12,16). The lowest BCUT2D eigenvalue weighted by Gasteiger charge is -2.04. The number of aryl methyl sites for hydroxylation is 1. The normalized spacial score (nSPS) is 10.3. The van der Waals surface area contributed by atoms with E-state index in [9.17, 15) is 4.79 Å². The Morgan fingerprint density at radius 1 is 1.62 bits per heavy atom. The van der Waals surface area contributed by atoms with E-state index in [1.807, 2.05) is 0 Å². The summed E-state index contributed by atoms with van der Waals surface area (Å²) in [7, 11) is 1.67. The maximum absolute atomic E-state index is 11.8. The van der Waals surface area contributed by atoms with Crippen molar-refractivity contribution in [1.82, 2.24) is 25.1 Å². The first-order chi connectivity index (χ1) is 7.68. The van der Waals surface area contributed by atoms with Gasteiger partial charge in [-0.2, -0.15) is 5.10 Å². The second-order valence-electron chi connectivity index (χ2n) is 3.33. The number of nitrogens with zero attached hydrogens (tertiary/aromatic N) is 3. The van der Waals surface area contributed by atoms with Crippen LogP contribution in [0.3, 0.4) is 0 Å². The molecule has 0 aliphatic heterocycles. The Bertz CT molecular complexity index is 467. The summed E-state index contributed by atoms with van der Waals surface area (Å²) in [5, 5.41) is 6.61. The second-order valence-corrected chi connectivity index (χ2v) is 3.33. The zero-order chi connectivity index (χ0) is 11.5. The average Bonchev–Trinajstić information content (AvgIpc) is 2.86. The summed E-state index contributed by atoms with van der Waals surface area (Å²) in [5.74, 6) is -0.257. The lowest BCUT2D eigenvalue weighted by Crippen LogP contribution is -2.26. The number of imidazole rings is 1. The number of nitrogen functional groups attached to an aromatic ring is 1. The fraction of sp³-hybridized carbons (Fsp3) is 0.222. The number of anilines is 1. The molecule has 0 saturated carbocycles. The molecule has 84 valence electrons. The Kier molecular flexibility index (Phi) is 2.59. The molecule has 0 atom stereocenters. The number of nitrogens with one attached hydrogen (secondary N) is 2. The number of nitrogens with two attached hydrogens (primary N) is 1. The minimum absolute atomic E-state index is 0.257. The van der Waals surface area contributed by atoms with Crippen LogP contribution in [-0.4, -0.2) is 25.7 Å². The summed E-state index contributed by atoms with van der Waals surface area (Å²) in [6.45, 7) is 0.378. The molecular weight excluding hydrogens is 208 g/mol. The SMILES string of the molecule is Cn1ncc(N)c1C(=O)NCc1cnc[nH]1. The van der Waals surface area contributed by atoms with Crippen LogP contribution in [0.25, 0.3) is 0 Å². The first-order valence-corrected chi connectivity index (χ1v) is 4.71. The zero-order valence-electron chi connectivity index (χ0n) is 8.77. The third kappa shape index (κ3) is 1.88. The van der Waals surface area contributed by atoms with Crippen molar-refractivity contribution in [2.45, 2.75) is 6.54 Å². The molecule has 0 aromatic carbocycles. The zero-order valence-corrected chi connectivity index (χ0v) is 8.77. The molecule has 16 heavy (non-hydrogen) atoms. The number of aromatic nitrogens is 4. The van der Waals surface area contributed by atoms with Crippen molar-refractivity contribution < 1.29 is 4.79 Å². The molecule has 0 bridgehead atoms. The number of amides is 1. The highest BCUT2D eigenvalue weighted by atomic mass is 16.2. The third-order valence-corrected chi connectivity index (χ3v) is 2.18. The molecule has 0 aliphatic rings. The van der Waals surface area contributed by atoms with Crippen LogP contribution in [-0.2, 0) is 13.6 Å². The Hall–Kier alpha value is -2.31. The number of carbonyl (C=O) groups excluding carboxylic acids is 1. The van der Waals surface area contributed by atoms with Gasteiger partial charge in [-0.15, -0.1) is 0 Å². The molecule has 2 heterocycles. The van der Waals surface area contributed by atoms with Crippen LogP contribution in [0.1, 0.15) is 16.2 Å². The quantitative estimate of drug-likeness (QED) is 0.658. The van der Waals surface area contributed by atoms with E-state index in [0.717, 1.165) is 5.69 Å². The molecular formula is C9H12N6O. The van der Waals surface area contributed by atoms with Crippen LogP contribution in [0, 0.1) is 0 Å². The van der Waals surface area contributed by atoms with E-state index < -0.39 is 0 Å². The summed E-state index contributed by atoms with van der Waals surface area (Å²) in [6.07, 6.45) is 4.65. The molecule has 2 aromatic heterocycles. The van der Waals surface area contributed by atoms with Gasteiger partial charge in [-0.1, -0.05) is 0 Å². The maximum Gasteiger partial charge on any atom is 0.272 e. The van der Waals surface area contributed by atoms with E-state index in [1.165, 1.54) is 10.9 Å². The molecule has 2 aromatic rings. The van der Waals surface area contributed by atoms with E-state index in [0.29, 0.717) is 17.9 Å². The first-order valence-electron chi connectivity index (χ1n) is 4.71.